The van der Waals surface area contributed by atoms with Crippen molar-refractivity contribution in [1.82, 2.24) is 10.1 Å². The Hall–Kier alpha value is -1.55. The third-order valence-corrected chi connectivity index (χ3v) is 3.23. The van der Waals surface area contributed by atoms with E-state index in [4.69, 9.17) is 4.52 Å². The van der Waals surface area contributed by atoms with Gasteiger partial charge < -0.3 is 4.52 Å². The summed E-state index contributed by atoms with van der Waals surface area (Å²) in [5.74, 6) is 1.34. The summed E-state index contributed by atoms with van der Waals surface area (Å²) in [6, 6.07) is 8.36. The molecule has 0 fully saturated rings. The van der Waals surface area contributed by atoms with Crippen LogP contribution in [0.5, 0.6) is 0 Å². The fourth-order valence-corrected chi connectivity index (χ4v) is 1.95. The molecule has 0 aliphatic heterocycles. The molecule has 0 atom stereocenters. The van der Waals surface area contributed by atoms with Crippen LogP contribution < -0.4 is 0 Å². The molecule has 0 bridgehead atoms. The lowest BCUT2D eigenvalue weighted by Gasteiger charge is -1.95. The highest BCUT2D eigenvalue weighted by molar-refractivity contribution is 7.98. The van der Waals surface area contributed by atoms with Crippen LogP contribution in [0.4, 0.5) is 0 Å². The number of rotatable bonds is 5. The molecule has 4 heteroatoms. The van der Waals surface area contributed by atoms with Gasteiger partial charge in [-0.1, -0.05) is 30.3 Å². The molecule has 0 N–H and O–H groups in total. The van der Waals surface area contributed by atoms with Crippen molar-refractivity contribution in [3.63, 3.8) is 0 Å². The molecule has 1 heterocycles. The molecule has 0 aliphatic rings. The van der Waals surface area contributed by atoms with Crippen LogP contribution in [0.2, 0.25) is 0 Å². The lowest BCUT2D eigenvalue weighted by Crippen LogP contribution is -1.82. The molecule has 2 rings (SSSR count). The summed E-state index contributed by atoms with van der Waals surface area (Å²) in [5.41, 5.74) is 1.13. The highest BCUT2D eigenvalue weighted by Crippen LogP contribution is 2.16. The van der Waals surface area contributed by atoms with E-state index < -0.39 is 0 Å². The maximum atomic E-state index is 5.11. The first-order valence-electron chi connectivity index (χ1n) is 5.96. The van der Waals surface area contributed by atoms with Crippen molar-refractivity contribution in [2.45, 2.75) is 24.7 Å². The molecule has 0 radical (unpaired) electrons. The monoisotopic (exact) mass is 260 g/mol. The Morgan fingerprint density at radius 1 is 1.22 bits per heavy atom. The number of benzene rings is 1. The zero-order valence-electron chi connectivity index (χ0n) is 10.6. The van der Waals surface area contributed by atoms with Crippen molar-refractivity contribution >= 4 is 23.9 Å². The summed E-state index contributed by atoms with van der Waals surface area (Å²) >= 11 is 1.74. The van der Waals surface area contributed by atoms with Gasteiger partial charge in [0.15, 0.2) is 5.82 Å². The molecule has 0 saturated heterocycles. The summed E-state index contributed by atoms with van der Waals surface area (Å²) < 4.78 is 5.11. The normalized spacial score (nSPS) is 11.2. The molecular formula is C14H16N2OS. The van der Waals surface area contributed by atoms with E-state index in [-0.39, 0.29) is 0 Å². The van der Waals surface area contributed by atoms with E-state index in [0.717, 1.165) is 18.4 Å². The van der Waals surface area contributed by atoms with E-state index in [1.54, 1.807) is 11.8 Å². The molecule has 18 heavy (non-hydrogen) atoms. The lowest BCUT2D eigenvalue weighted by molar-refractivity contribution is 0.375. The minimum Gasteiger partial charge on any atom is -0.339 e. The number of aromatic nitrogens is 2. The van der Waals surface area contributed by atoms with Gasteiger partial charge in [-0.3, -0.25) is 0 Å². The molecule has 1 aromatic carbocycles. The van der Waals surface area contributed by atoms with E-state index >= 15 is 0 Å². The van der Waals surface area contributed by atoms with Crippen LogP contribution in [0.25, 0.3) is 12.2 Å². The van der Waals surface area contributed by atoms with Crippen molar-refractivity contribution in [3.05, 3.63) is 41.5 Å². The predicted octanol–water partition coefficient (Wildman–Crippen LogP) is 3.91. The molecule has 0 aliphatic carbocycles. The number of hydrogen-bond acceptors (Lipinski definition) is 4. The lowest BCUT2D eigenvalue weighted by atomic mass is 10.2. The molecule has 0 amide bonds. The van der Waals surface area contributed by atoms with Crippen LogP contribution in [-0.4, -0.2) is 16.4 Å². The Morgan fingerprint density at radius 2 is 2.00 bits per heavy atom. The van der Waals surface area contributed by atoms with Crippen molar-refractivity contribution in [3.8, 4) is 0 Å². The van der Waals surface area contributed by atoms with E-state index in [2.05, 4.69) is 47.6 Å². The Bertz CT molecular complexity index is 517. The van der Waals surface area contributed by atoms with Gasteiger partial charge >= 0.3 is 0 Å². The van der Waals surface area contributed by atoms with E-state index in [9.17, 15) is 0 Å². The Balaban J connectivity index is 2.04. The van der Waals surface area contributed by atoms with Gasteiger partial charge in [-0.2, -0.15) is 4.98 Å². The second kappa shape index (κ2) is 6.40. The number of nitrogens with zero attached hydrogens (tertiary/aromatic N) is 2. The highest BCUT2D eigenvalue weighted by atomic mass is 32.2. The molecule has 2 aromatic rings. The number of aryl methyl sites for hydroxylation is 1. The Morgan fingerprint density at radius 3 is 2.67 bits per heavy atom. The first kappa shape index (κ1) is 12.9. The fourth-order valence-electron chi connectivity index (χ4n) is 1.54. The van der Waals surface area contributed by atoms with Gasteiger partial charge in [-0.15, -0.1) is 11.8 Å². The Labute approximate surface area is 111 Å². The second-order valence-electron chi connectivity index (χ2n) is 3.90. The van der Waals surface area contributed by atoms with Gasteiger partial charge in [0.05, 0.1) is 0 Å². The quantitative estimate of drug-likeness (QED) is 0.764. The van der Waals surface area contributed by atoms with Crippen LogP contribution in [0.3, 0.4) is 0 Å². The average Bonchev–Trinajstić information content (AvgIpc) is 2.85. The molecule has 94 valence electrons. The first-order valence-corrected chi connectivity index (χ1v) is 7.19. The van der Waals surface area contributed by atoms with Crippen molar-refractivity contribution in [2.24, 2.45) is 0 Å². The minimum absolute atomic E-state index is 0.632. The van der Waals surface area contributed by atoms with Gasteiger partial charge in [0.25, 0.3) is 0 Å². The predicted molar refractivity (Wildman–Crippen MR) is 75.4 cm³/mol. The van der Waals surface area contributed by atoms with Gasteiger partial charge in [-0.05, 0) is 36.4 Å². The topological polar surface area (TPSA) is 38.9 Å². The molecule has 3 nitrogen and oxygen atoms in total. The second-order valence-corrected chi connectivity index (χ2v) is 4.78. The third-order valence-electron chi connectivity index (χ3n) is 2.49. The summed E-state index contributed by atoms with van der Waals surface area (Å²) in [6.07, 6.45) is 7.78. The van der Waals surface area contributed by atoms with Gasteiger partial charge in [0.2, 0.25) is 5.89 Å². The molecule has 0 spiro atoms. The van der Waals surface area contributed by atoms with Gasteiger partial charge in [0, 0.05) is 11.3 Å². The fraction of sp³-hybridized carbons (Fsp3) is 0.286. The van der Waals surface area contributed by atoms with Crippen LogP contribution in [0.1, 0.15) is 30.6 Å². The van der Waals surface area contributed by atoms with Crippen LogP contribution in [0, 0.1) is 0 Å². The highest BCUT2D eigenvalue weighted by Gasteiger charge is 2.01. The molecular weight excluding hydrogens is 244 g/mol. The van der Waals surface area contributed by atoms with E-state index in [1.165, 1.54) is 4.90 Å². The summed E-state index contributed by atoms with van der Waals surface area (Å²) in [6.45, 7) is 2.09. The first-order chi connectivity index (χ1) is 8.81. The van der Waals surface area contributed by atoms with Crippen molar-refractivity contribution in [1.29, 1.82) is 0 Å². The average molecular weight is 260 g/mol. The van der Waals surface area contributed by atoms with E-state index in [0.29, 0.717) is 11.7 Å². The number of thioether (sulfide) groups is 1. The summed E-state index contributed by atoms with van der Waals surface area (Å²) in [7, 11) is 0. The van der Waals surface area contributed by atoms with Crippen LogP contribution in [0.15, 0.2) is 33.7 Å². The molecule has 0 saturated carbocycles. The zero-order chi connectivity index (χ0) is 12.8. The van der Waals surface area contributed by atoms with Crippen molar-refractivity contribution < 1.29 is 4.52 Å². The zero-order valence-corrected chi connectivity index (χ0v) is 11.4. The summed E-state index contributed by atoms with van der Waals surface area (Å²) in [5, 5.41) is 3.91. The summed E-state index contributed by atoms with van der Waals surface area (Å²) in [4.78, 5) is 5.54. The largest absolute Gasteiger partial charge is 0.339 e. The third kappa shape index (κ3) is 3.47. The minimum atomic E-state index is 0.632. The maximum Gasteiger partial charge on any atom is 0.226 e. The smallest absolute Gasteiger partial charge is 0.226 e. The SMILES string of the molecule is CCCc1nc(/C=C/c2ccc(SC)cc2)no1. The Kier molecular flexibility index (Phi) is 4.59. The van der Waals surface area contributed by atoms with Gasteiger partial charge in [-0.25, -0.2) is 0 Å². The van der Waals surface area contributed by atoms with Crippen LogP contribution in [-0.2, 0) is 6.42 Å². The van der Waals surface area contributed by atoms with Crippen molar-refractivity contribution in [2.75, 3.05) is 6.26 Å². The molecule has 0 unspecified atom stereocenters. The van der Waals surface area contributed by atoms with E-state index in [1.807, 2.05) is 12.2 Å². The molecule has 1 aromatic heterocycles. The van der Waals surface area contributed by atoms with Crippen LogP contribution >= 0.6 is 11.8 Å². The number of hydrogen-bond donors (Lipinski definition) is 0. The van der Waals surface area contributed by atoms with Gasteiger partial charge in [0.1, 0.15) is 0 Å². The standard InChI is InChI=1S/C14H16N2OS/c1-3-4-14-15-13(16-17-14)10-7-11-5-8-12(18-2)9-6-11/h5-10H,3-4H2,1-2H3/b10-7+. The maximum absolute atomic E-state index is 5.11.